The Morgan fingerprint density at radius 1 is 1.12 bits per heavy atom. The summed E-state index contributed by atoms with van der Waals surface area (Å²) in [4.78, 5) is 12.5. The van der Waals surface area contributed by atoms with E-state index in [-0.39, 0.29) is 6.03 Å². The standard InChI is InChI=1S/C18H17BrN2O3/c1-10-2-3-14(13(19)8-10)20-18(22)21-16-12-5-7-23-15(12)9-11-4-6-24-17(11)16/h2-3,8-9H,4-7H2,1H3,(H2,20,21,22). The average Bonchev–Trinajstić information content (AvgIpc) is 3.18. The van der Waals surface area contributed by atoms with Crippen LogP contribution in [0.4, 0.5) is 16.2 Å². The number of anilines is 2. The first-order valence-electron chi connectivity index (χ1n) is 7.90. The molecule has 2 heterocycles. The van der Waals surface area contributed by atoms with E-state index in [2.05, 4.69) is 26.6 Å². The molecule has 4 rings (SSSR count). The maximum absolute atomic E-state index is 12.5. The van der Waals surface area contributed by atoms with Crippen LogP contribution < -0.4 is 20.1 Å². The Morgan fingerprint density at radius 2 is 1.96 bits per heavy atom. The van der Waals surface area contributed by atoms with Gasteiger partial charge in [-0.2, -0.15) is 0 Å². The van der Waals surface area contributed by atoms with Gasteiger partial charge in [0.15, 0.2) is 0 Å². The fourth-order valence-electron chi connectivity index (χ4n) is 3.11. The molecule has 0 bridgehead atoms. The third kappa shape index (κ3) is 2.71. The van der Waals surface area contributed by atoms with Gasteiger partial charge in [0.1, 0.15) is 11.5 Å². The number of halogens is 1. The van der Waals surface area contributed by atoms with Gasteiger partial charge >= 0.3 is 6.03 Å². The van der Waals surface area contributed by atoms with Crippen molar-refractivity contribution in [1.82, 2.24) is 0 Å². The molecule has 2 aliphatic rings. The van der Waals surface area contributed by atoms with Crippen molar-refractivity contribution in [2.75, 3.05) is 23.8 Å². The van der Waals surface area contributed by atoms with E-state index < -0.39 is 0 Å². The molecule has 0 saturated carbocycles. The van der Waals surface area contributed by atoms with Crippen LogP contribution in [0.3, 0.4) is 0 Å². The quantitative estimate of drug-likeness (QED) is 0.807. The van der Waals surface area contributed by atoms with Crippen LogP contribution in [0, 0.1) is 6.92 Å². The molecule has 0 fully saturated rings. The summed E-state index contributed by atoms with van der Waals surface area (Å²) in [5.74, 6) is 1.63. The van der Waals surface area contributed by atoms with E-state index in [0.717, 1.165) is 56.9 Å². The van der Waals surface area contributed by atoms with Crippen LogP contribution in [0.15, 0.2) is 28.7 Å². The van der Waals surface area contributed by atoms with Crippen LogP contribution in [0.2, 0.25) is 0 Å². The lowest BCUT2D eigenvalue weighted by molar-refractivity contribution is 0.262. The van der Waals surface area contributed by atoms with Crippen molar-refractivity contribution in [2.24, 2.45) is 0 Å². The van der Waals surface area contributed by atoms with E-state index in [1.165, 1.54) is 0 Å². The molecule has 2 aromatic carbocycles. The van der Waals surface area contributed by atoms with Crippen LogP contribution in [0.1, 0.15) is 16.7 Å². The molecule has 0 radical (unpaired) electrons. The SMILES string of the molecule is Cc1ccc(NC(=O)Nc2c3c(cc4c2OCC4)OCC3)c(Br)c1. The van der Waals surface area contributed by atoms with Gasteiger partial charge in [-0.05, 0) is 46.6 Å². The Labute approximate surface area is 148 Å². The molecule has 6 heteroatoms. The molecule has 0 atom stereocenters. The van der Waals surface area contributed by atoms with Gasteiger partial charge in [0.2, 0.25) is 0 Å². The predicted octanol–water partition coefficient (Wildman–Crippen LogP) is 4.27. The summed E-state index contributed by atoms with van der Waals surface area (Å²) in [6.07, 6.45) is 1.61. The van der Waals surface area contributed by atoms with Crippen molar-refractivity contribution in [3.8, 4) is 11.5 Å². The Morgan fingerprint density at radius 3 is 2.79 bits per heavy atom. The van der Waals surface area contributed by atoms with Gasteiger partial charge in [-0.25, -0.2) is 4.79 Å². The summed E-state index contributed by atoms with van der Waals surface area (Å²) in [5.41, 5.74) is 4.67. The highest BCUT2D eigenvalue weighted by molar-refractivity contribution is 9.10. The molecular formula is C18H17BrN2O3. The normalized spacial score (nSPS) is 14.4. The minimum atomic E-state index is -0.294. The Hall–Kier alpha value is -2.21. The van der Waals surface area contributed by atoms with E-state index in [1.54, 1.807) is 0 Å². The smallest absolute Gasteiger partial charge is 0.323 e. The van der Waals surface area contributed by atoms with E-state index in [9.17, 15) is 4.79 Å². The number of nitrogens with one attached hydrogen (secondary N) is 2. The number of ether oxygens (including phenoxy) is 2. The number of hydrogen-bond acceptors (Lipinski definition) is 3. The number of carbonyl (C=O) groups excluding carboxylic acids is 1. The molecule has 0 spiro atoms. The number of aryl methyl sites for hydroxylation is 1. The first kappa shape index (κ1) is 15.3. The number of amides is 2. The van der Waals surface area contributed by atoms with E-state index in [0.29, 0.717) is 13.2 Å². The molecule has 0 saturated heterocycles. The van der Waals surface area contributed by atoms with Gasteiger partial charge in [0.25, 0.3) is 0 Å². The fraction of sp³-hybridized carbons (Fsp3) is 0.278. The average molecular weight is 389 g/mol. The maximum atomic E-state index is 12.5. The van der Waals surface area contributed by atoms with Crippen LogP contribution >= 0.6 is 15.9 Å². The minimum Gasteiger partial charge on any atom is -0.493 e. The van der Waals surface area contributed by atoms with E-state index >= 15 is 0 Å². The van der Waals surface area contributed by atoms with E-state index in [1.807, 2.05) is 31.2 Å². The van der Waals surface area contributed by atoms with Crippen LogP contribution in [-0.2, 0) is 12.8 Å². The first-order valence-corrected chi connectivity index (χ1v) is 8.69. The third-order valence-corrected chi connectivity index (χ3v) is 4.92. The monoisotopic (exact) mass is 388 g/mol. The summed E-state index contributed by atoms with van der Waals surface area (Å²) in [6.45, 7) is 3.28. The zero-order valence-corrected chi connectivity index (χ0v) is 14.8. The van der Waals surface area contributed by atoms with Gasteiger partial charge in [0, 0.05) is 28.4 Å². The lowest BCUT2D eigenvalue weighted by Gasteiger charge is -2.15. The summed E-state index contributed by atoms with van der Waals surface area (Å²) >= 11 is 3.47. The molecule has 0 aliphatic carbocycles. The lowest BCUT2D eigenvalue weighted by atomic mass is 10.0. The maximum Gasteiger partial charge on any atom is 0.323 e. The third-order valence-electron chi connectivity index (χ3n) is 4.26. The second kappa shape index (κ2) is 6.02. The topological polar surface area (TPSA) is 59.6 Å². The number of carbonyl (C=O) groups is 1. The lowest BCUT2D eigenvalue weighted by Crippen LogP contribution is -2.21. The molecule has 2 aliphatic heterocycles. The first-order chi connectivity index (χ1) is 11.6. The number of urea groups is 1. The molecule has 2 amide bonds. The van der Waals surface area contributed by atoms with Crippen molar-refractivity contribution in [3.05, 3.63) is 45.4 Å². The summed E-state index contributed by atoms with van der Waals surface area (Å²) in [7, 11) is 0. The number of rotatable bonds is 2. The van der Waals surface area contributed by atoms with Gasteiger partial charge in [-0.1, -0.05) is 6.07 Å². The number of benzene rings is 2. The van der Waals surface area contributed by atoms with Crippen LogP contribution in [0.25, 0.3) is 0 Å². The molecule has 24 heavy (non-hydrogen) atoms. The summed E-state index contributed by atoms with van der Waals surface area (Å²) in [6, 6.07) is 7.53. The minimum absolute atomic E-state index is 0.294. The molecule has 5 nitrogen and oxygen atoms in total. The molecule has 0 aromatic heterocycles. The number of hydrogen-bond donors (Lipinski definition) is 2. The number of fused-ring (bicyclic) bond motifs is 2. The van der Waals surface area contributed by atoms with Crippen molar-refractivity contribution in [3.63, 3.8) is 0 Å². The van der Waals surface area contributed by atoms with Gasteiger partial charge < -0.3 is 20.1 Å². The van der Waals surface area contributed by atoms with Crippen LogP contribution in [-0.4, -0.2) is 19.2 Å². The molecule has 2 N–H and O–H groups in total. The Kier molecular flexibility index (Phi) is 3.84. The summed E-state index contributed by atoms with van der Waals surface area (Å²) in [5, 5.41) is 5.83. The zero-order chi connectivity index (χ0) is 16.7. The van der Waals surface area contributed by atoms with Gasteiger partial charge in [-0.3, -0.25) is 0 Å². The predicted molar refractivity (Wildman–Crippen MR) is 96.4 cm³/mol. The van der Waals surface area contributed by atoms with E-state index in [4.69, 9.17) is 9.47 Å². The molecule has 0 unspecified atom stereocenters. The fourth-order valence-corrected chi connectivity index (χ4v) is 3.70. The van der Waals surface area contributed by atoms with Crippen molar-refractivity contribution < 1.29 is 14.3 Å². The second-order valence-electron chi connectivity index (χ2n) is 5.98. The largest absolute Gasteiger partial charge is 0.493 e. The van der Waals surface area contributed by atoms with Gasteiger partial charge in [0.05, 0.1) is 24.6 Å². The molecular weight excluding hydrogens is 372 g/mol. The Bertz CT molecular complexity index is 803. The second-order valence-corrected chi connectivity index (χ2v) is 6.83. The highest BCUT2D eigenvalue weighted by Crippen LogP contribution is 2.44. The van der Waals surface area contributed by atoms with Crippen molar-refractivity contribution in [2.45, 2.75) is 19.8 Å². The van der Waals surface area contributed by atoms with Crippen molar-refractivity contribution in [1.29, 1.82) is 0 Å². The highest BCUT2D eigenvalue weighted by Gasteiger charge is 2.27. The zero-order valence-electron chi connectivity index (χ0n) is 13.2. The van der Waals surface area contributed by atoms with Crippen LogP contribution in [0.5, 0.6) is 11.5 Å². The van der Waals surface area contributed by atoms with Crippen molar-refractivity contribution >= 4 is 33.3 Å². The van der Waals surface area contributed by atoms with Gasteiger partial charge in [-0.15, -0.1) is 0 Å². The Balaban J connectivity index is 1.60. The highest BCUT2D eigenvalue weighted by atomic mass is 79.9. The molecule has 124 valence electrons. The molecule has 2 aromatic rings. The summed E-state index contributed by atoms with van der Waals surface area (Å²) < 4.78 is 12.2.